The molecule has 0 amide bonds. The molecule has 1 fully saturated rings. The molecule has 0 aromatic heterocycles. The van der Waals surface area contributed by atoms with Crippen LogP contribution < -0.4 is 5.73 Å². The predicted octanol–water partition coefficient (Wildman–Crippen LogP) is 1.07. The summed E-state index contributed by atoms with van der Waals surface area (Å²) in [6.07, 6.45) is 0.570. The summed E-state index contributed by atoms with van der Waals surface area (Å²) in [5.41, 5.74) is 5.45. The Morgan fingerprint density at radius 1 is 1.21 bits per heavy atom. The fourth-order valence-corrected chi connectivity index (χ4v) is 3.64. The first kappa shape index (κ1) is 14.3. The van der Waals surface area contributed by atoms with Crippen LogP contribution in [0.25, 0.3) is 0 Å². The van der Waals surface area contributed by atoms with Gasteiger partial charge in [-0.3, -0.25) is 0 Å². The molecule has 2 N–H and O–H groups in total. The van der Waals surface area contributed by atoms with E-state index in [2.05, 4.69) is 0 Å². The molecule has 0 saturated carbocycles. The van der Waals surface area contributed by atoms with E-state index in [1.54, 1.807) is 0 Å². The zero-order valence-electron chi connectivity index (χ0n) is 9.94. The Kier molecular flexibility index (Phi) is 3.84. The molecule has 4 nitrogen and oxygen atoms in total. The van der Waals surface area contributed by atoms with Crippen molar-refractivity contribution >= 4 is 10.0 Å². The van der Waals surface area contributed by atoms with Gasteiger partial charge >= 0.3 is 0 Å². The van der Waals surface area contributed by atoms with Crippen LogP contribution in [-0.4, -0.2) is 32.4 Å². The Morgan fingerprint density at radius 2 is 1.84 bits per heavy atom. The zero-order chi connectivity index (χ0) is 14.2. The third-order valence-electron chi connectivity index (χ3n) is 3.17. The van der Waals surface area contributed by atoms with Crippen molar-refractivity contribution in [2.75, 3.05) is 19.6 Å². The van der Waals surface area contributed by atoms with Crippen LogP contribution in [0.15, 0.2) is 17.0 Å². The highest BCUT2D eigenvalue weighted by Gasteiger charge is 2.34. The van der Waals surface area contributed by atoms with Crippen molar-refractivity contribution in [3.8, 4) is 0 Å². The average molecular weight is 294 g/mol. The molecule has 8 heteroatoms. The van der Waals surface area contributed by atoms with Gasteiger partial charge in [-0.1, -0.05) is 0 Å². The number of hydrogen-bond donors (Lipinski definition) is 1. The van der Waals surface area contributed by atoms with Crippen LogP contribution in [0, 0.1) is 23.4 Å². The summed E-state index contributed by atoms with van der Waals surface area (Å²) in [5.74, 6) is -4.11. The normalized spacial score (nSPS) is 20.9. The molecule has 0 spiro atoms. The fraction of sp³-hybridized carbons (Fsp3) is 0.455. The summed E-state index contributed by atoms with van der Waals surface area (Å²) in [6.45, 7) is 0.687. The first-order chi connectivity index (χ1) is 8.86. The standard InChI is InChI=1S/C11H13F3N2O2S/c12-8-3-10(14)11(4-9(8)13)19(17,18)16-2-1-7(5-15)6-16/h3-4,7H,1-2,5-6,15H2. The molecule has 1 atom stereocenters. The molecule has 1 aliphatic rings. The van der Waals surface area contributed by atoms with Crippen molar-refractivity contribution < 1.29 is 21.6 Å². The van der Waals surface area contributed by atoms with Gasteiger partial charge in [0.1, 0.15) is 10.7 Å². The van der Waals surface area contributed by atoms with Gasteiger partial charge in [0.15, 0.2) is 11.6 Å². The second-order valence-electron chi connectivity index (χ2n) is 4.45. The van der Waals surface area contributed by atoms with Crippen LogP contribution in [-0.2, 0) is 10.0 Å². The molecule has 1 aliphatic heterocycles. The van der Waals surface area contributed by atoms with E-state index in [1.165, 1.54) is 0 Å². The van der Waals surface area contributed by atoms with Crippen molar-refractivity contribution in [2.45, 2.75) is 11.3 Å². The lowest BCUT2D eigenvalue weighted by Crippen LogP contribution is -2.30. The van der Waals surface area contributed by atoms with Crippen LogP contribution in [0.5, 0.6) is 0 Å². The second-order valence-corrected chi connectivity index (χ2v) is 6.36. The molecule has 106 valence electrons. The highest BCUT2D eigenvalue weighted by Crippen LogP contribution is 2.26. The largest absolute Gasteiger partial charge is 0.330 e. The Labute approximate surface area is 109 Å². The van der Waals surface area contributed by atoms with Crippen molar-refractivity contribution in [3.05, 3.63) is 29.6 Å². The van der Waals surface area contributed by atoms with Gasteiger partial charge in [-0.25, -0.2) is 21.6 Å². The lowest BCUT2D eigenvalue weighted by molar-refractivity contribution is 0.446. The summed E-state index contributed by atoms with van der Waals surface area (Å²) < 4.78 is 64.7. The minimum absolute atomic E-state index is 0.00290. The highest BCUT2D eigenvalue weighted by molar-refractivity contribution is 7.89. The van der Waals surface area contributed by atoms with Gasteiger partial charge in [0, 0.05) is 19.2 Å². The summed E-state index contributed by atoms with van der Waals surface area (Å²) >= 11 is 0. The molecular formula is C11H13F3N2O2S. The van der Waals surface area contributed by atoms with Crippen LogP contribution in [0.2, 0.25) is 0 Å². The SMILES string of the molecule is NCC1CCN(S(=O)(=O)c2cc(F)c(F)cc2F)C1. The first-order valence-corrected chi connectivity index (χ1v) is 7.15. The first-order valence-electron chi connectivity index (χ1n) is 5.71. The van der Waals surface area contributed by atoms with Gasteiger partial charge in [0.2, 0.25) is 10.0 Å². The number of benzene rings is 1. The van der Waals surface area contributed by atoms with Crippen LogP contribution in [0.3, 0.4) is 0 Å². The van der Waals surface area contributed by atoms with Gasteiger partial charge < -0.3 is 5.73 Å². The number of sulfonamides is 1. The van der Waals surface area contributed by atoms with E-state index in [9.17, 15) is 21.6 Å². The minimum atomic E-state index is -4.16. The quantitative estimate of drug-likeness (QED) is 0.848. The minimum Gasteiger partial charge on any atom is -0.330 e. The fourth-order valence-electron chi connectivity index (χ4n) is 2.05. The van der Waals surface area contributed by atoms with E-state index in [-0.39, 0.29) is 25.1 Å². The van der Waals surface area contributed by atoms with Crippen molar-refractivity contribution in [3.63, 3.8) is 0 Å². The number of nitrogens with zero attached hydrogens (tertiary/aromatic N) is 1. The van der Waals surface area contributed by atoms with Gasteiger partial charge in [-0.15, -0.1) is 0 Å². The Morgan fingerprint density at radius 3 is 2.42 bits per heavy atom. The second kappa shape index (κ2) is 5.10. The van der Waals surface area contributed by atoms with Gasteiger partial charge in [0.05, 0.1) is 0 Å². The third kappa shape index (κ3) is 2.60. The number of nitrogens with two attached hydrogens (primary N) is 1. The maximum Gasteiger partial charge on any atom is 0.246 e. The number of halogens is 3. The molecule has 1 unspecified atom stereocenters. The van der Waals surface area contributed by atoms with Gasteiger partial charge in [0.25, 0.3) is 0 Å². The number of rotatable bonds is 3. The summed E-state index contributed by atoms with van der Waals surface area (Å²) in [6, 6.07) is 0.606. The van der Waals surface area contributed by atoms with E-state index >= 15 is 0 Å². The lowest BCUT2D eigenvalue weighted by Gasteiger charge is -2.17. The third-order valence-corrected chi connectivity index (χ3v) is 5.05. The summed E-state index contributed by atoms with van der Waals surface area (Å²) in [7, 11) is -4.16. The predicted molar refractivity (Wildman–Crippen MR) is 62.2 cm³/mol. The molecule has 0 radical (unpaired) electrons. The lowest BCUT2D eigenvalue weighted by atomic mass is 10.1. The highest BCUT2D eigenvalue weighted by atomic mass is 32.2. The molecular weight excluding hydrogens is 281 g/mol. The maximum atomic E-state index is 13.5. The topological polar surface area (TPSA) is 63.4 Å². The van der Waals surface area contributed by atoms with E-state index in [1.807, 2.05) is 0 Å². The molecule has 19 heavy (non-hydrogen) atoms. The number of hydrogen-bond acceptors (Lipinski definition) is 3. The maximum absolute atomic E-state index is 13.5. The van der Waals surface area contributed by atoms with Crippen LogP contribution in [0.4, 0.5) is 13.2 Å². The van der Waals surface area contributed by atoms with E-state index in [4.69, 9.17) is 5.73 Å². The average Bonchev–Trinajstić information content (AvgIpc) is 2.83. The van der Waals surface area contributed by atoms with Gasteiger partial charge in [-0.05, 0) is 24.9 Å². The zero-order valence-corrected chi connectivity index (χ0v) is 10.8. The summed E-state index contributed by atoms with van der Waals surface area (Å²) in [4.78, 5) is -0.843. The molecule has 1 aromatic rings. The Bertz CT molecular complexity index is 592. The molecule has 0 bridgehead atoms. The van der Waals surface area contributed by atoms with Crippen molar-refractivity contribution in [2.24, 2.45) is 11.7 Å². The molecule has 0 aliphatic carbocycles. The van der Waals surface area contributed by atoms with Gasteiger partial charge in [-0.2, -0.15) is 4.31 Å². The van der Waals surface area contributed by atoms with Crippen LogP contribution >= 0.6 is 0 Å². The van der Waals surface area contributed by atoms with E-state index in [0.717, 1.165) is 4.31 Å². The smallest absolute Gasteiger partial charge is 0.246 e. The molecule has 1 aromatic carbocycles. The van der Waals surface area contributed by atoms with Crippen LogP contribution in [0.1, 0.15) is 6.42 Å². The summed E-state index contributed by atoms with van der Waals surface area (Å²) in [5, 5.41) is 0. The molecule has 1 saturated heterocycles. The van der Waals surface area contributed by atoms with E-state index in [0.29, 0.717) is 19.0 Å². The van der Waals surface area contributed by atoms with E-state index < -0.39 is 32.4 Å². The van der Waals surface area contributed by atoms with Crippen molar-refractivity contribution in [1.29, 1.82) is 0 Å². The Hall–Kier alpha value is -1.12. The van der Waals surface area contributed by atoms with Crippen molar-refractivity contribution in [1.82, 2.24) is 4.31 Å². The Balaban J connectivity index is 2.38. The molecule has 1 heterocycles. The molecule has 2 rings (SSSR count). The monoisotopic (exact) mass is 294 g/mol.